The van der Waals surface area contributed by atoms with Crippen molar-refractivity contribution >= 4 is 5.91 Å². The third-order valence-corrected chi connectivity index (χ3v) is 5.62. The van der Waals surface area contributed by atoms with Gasteiger partial charge in [-0.25, -0.2) is 0 Å². The summed E-state index contributed by atoms with van der Waals surface area (Å²) in [6, 6.07) is 0.564. The summed E-state index contributed by atoms with van der Waals surface area (Å²) in [5.74, 6) is 1.24. The molecule has 3 rings (SSSR count). The molecule has 1 saturated carbocycles. The summed E-state index contributed by atoms with van der Waals surface area (Å²) in [6.07, 6.45) is 10.1. The van der Waals surface area contributed by atoms with Gasteiger partial charge in [0.25, 0.3) is 0 Å². The first kappa shape index (κ1) is 13.4. The van der Waals surface area contributed by atoms with Crippen LogP contribution in [0.2, 0.25) is 0 Å². The van der Waals surface area contributed by atoms with Crippen molar-refractivity contribution in [3.8, 4) is 0 Å². The van der Waals surface area contributed by atoms with Gasteiger partial charge in [-0.2, -0.15) is 0 Å². The minimum atomic E-state index is -0.139. The van der Waals surface area contributed by atoms with Gasteiger partial charge in [-0.3, -0.25) is 4.79 Å². The average molecular weight is 264 g/mol. The third kappa shape index (κ3) is 2.54. The van der Waals surface area contributed by atoms with Crippen LogP contribution in [0.3, 0.4) is 0 Å². The fraction of sp³-hybridized carbons (Fsp3) is 0.938. The molecule has 0 radical (unpaired) electrons. The van der Waals surface area contributed by atoms with Gasteiger partial charge in [0.2, 0.25) is 5.91 Å². The van der Waals surface area contributed by atoms with Crippen LogP contribution in [-0.4, -0.2) is 36.5 Å². The lowest BCUT2D eigenvalue weighted by molar-refractivity contribution is -0.144. The molecule has 2 aliphatic heterocycles. The molecule has 19 heavy (non-hydrogen) atoms. The summed E-state index contributed by atoms with van der Waals surface area (Å²) in [5, 5.41) is 3.42. The van der Waals surface area contributed by atoms with Gasteiger partial charge >= 0.3 is 0 Å². The molecule has 2 unspecified atom stereocenters. The third-order valence-electron chi connectivity index (χ3n) is 5.62. The van der Waals surface area contributed by atoms with Gasteiger partial charge in [0.15, 0.2) is 0 Å². The van der Waals surface area contributed by atoms with Crippen LogP contribution in [-0.2, 0) is 4.79 Å². The fourth-order valence-corrected chi connectivity index (χ4v) is 4.46. The smallest absolute Gasteiger partial charge is 0.230 e. The number of nitrogens with one attached hydrogen (secondary N) is 1. The quantitative estimate of drug-likeness (QED) is 0.831. The van der Waals surface area contributed by atoms with Crippen molar-refractivity contribution < 1.29 is 4.79 Å². The van der Waals surface area contributed by atoms with Gasteiger partial charge in [0.05, 0.1) is 5.41 Å². The predicted molar refractivity (Wildman–Crippen MR) is 76.9 cm³/mol. The van der Waals surface area contributed by atoms with E-state index in [1.54, 1.807) is 0 Å². The Hall–Kier alpha value is -0.570. The molecule has 0 spiro atoms. The van der Waals surface area contributed by atoms with Crippen LogP contribution in [0.4, 0.5) is 0 Å². The first-order valence-electron chi connectivity index (χ1n) is 8.22. The highest BCUT2D eigenvalue weighted by atomic mass is 16.2. The molecule has 0 aromatic rings. The van der Waals surface area contributed by atoms with Crippen LogP contribution < -0.4 is 5.32 Å². The maximum Gasteiger partial charge on any atom is 0.230 e. The standard InChI is InChI=1S/C16H28N2O/c1-16(9-5-10-17-12-16)15(19)18-11-4-8-14(18)13-6-2-3-7-13/h13-14,17H,2-12H2,1H3. The molecular formula is C16H28N2O. The lowest BCUT2D eigenvalue weighted by Crippen LogP contribution is -2.52. The highest BCUT2D eigenvalue weighted by Crippen LogP contribution is 2.38. The summed E-state index contributed by atoms with van der Waals surface area (Å²) < 4.78 is 0. The minimum absolute atomic E-state index is 0.139. The zero-order chi connectivity index (χ0) is 13.3. The number of likely N-dealkylation sites (tertiary alicyclic amines) is 1. The molecule has 3 heteroatoms. The Morgan fingerprint density at radius 3 is 2.63 bits per heavy atom. The maximum absolute atomic E-state index is 13.0. The molecular weight excluding hydrogens is 236 g/mol. The molecule has 3 aliphatic rings. The van der Waals surface area contributed by atoms with Crippen LogP contribution in [0.15, 0.2) is 0 Å². The van der Waals surface area contributed by atoms with E-state index < -0.39 is 0 Å². The molecule has 1 aliphatic carbocycles. The number of hydrogen-bond acceptors (Lipinski definition) is 2. The van der Waals surface area contributed by atoms with E-state index in [-0.39, 0.29) is 5.41 Å². The van der Waals surface area contributed by atoms with E-state index >= 15 is 0 Å². The largest absolute Gasteiger partial charge is 0.339 e. The van der Waals surface area contributed by atoms with Gasteiger partial charge in [-0.1, -0.05) is 12.8 Å². The van der Waals surface area contributed by atoms with Crippen molar-refractivity contribution in [2.24, 2.45) is 11.3 Å². The highest BCUT2D eigenvalue weighted by molar-refractivity contribution is 5.83. The molecule has 108 valence electrons. The molecule has 2 saturated heterocycles. The summed E-state index contributed by atoms with van der Waals surface area (Å²) in [4.78, 5) is 15.2. The van der Waals surface area contributed by atoms with Gasteiger partial charge < -0.3 is 10.2 Å². The zero-order valence-corrected chi connectivity index (χ0v) is 12.3. The van der Waals surface area contributed by atoms with Gasteiger partial charge in [0.1, 0.15) is 0 Å². The second-order valence-electron chi connectivity index (χ2n) is 7.09. The molecule has 0 bridgehead atoms. The Morgan fingerprint density at radius 2 is 1.95 bits per heavy atom. The number of carbonyl (C=O) groups excluding carboxylic acids is 1. The number of carbonyl (C=O) groups is 1. The van der Waals surface area contributed by atoms with Gasteiger partial charge in [0, 0.05) is 19.1 Å². The topological polar surface area (TPSA) is 32.3 Å². The van der Waals surface area contributed by atoms with E-state index in [4.69, 9.17) is 0 Å². The number of hydrogen-bond donors (Lipinski definition) is 1. The molecule has 2 heterocycles. The van der Waals surface area contributed by atoms with Crippen LogP contribution in [0.5, 0.6) is 0 Å². The Morgan fingerprint density at radius 1 is 1.16 bits per heavy atom. The van der Waals surface area contributed by atoms with Crippen molar-refractivity contribution in [2.45, 2.75) is 64.3 Å². The molecule has 3 fully saturated rings. The monoisotopic (exact) mass is 264 g/mol. The lowest BCUT2D eigenvalue weighted by atomic mass is 9.80. The van der Waals surface area contributed by atoms with Crippen LogP contribution in [0, 0.1) is 11.3 Å². The number of nitrogens with zero attached hydrogens (tertiary/aromatic N) is 1. The van der Waals surface area contributed by atoms with E-state index in [0.717, 1.165) is 38.4 Å². The van der Waals surface area contributed by atoms with Crippen molar-refractivity contribution in [1.82, 2.24) is 10.2 Å². The lowest BCUT2D eigenvalue weighted by Gasteiger charge is -2.39. The summed E-state index contributed by atoms with van der Waals surface area (Å²) >= 11 is 0. The van der Waals surface area contributed by atoms with Crippen molar-refractivity contribution in [3.63, 3.8) is 0 Å². The van der Waals surface area contributed by atoms with Crippen molar-refractivity contribution in [2.75, 3.05) is 19.6 Å². The van der Waals surface area contributed by atoms with E-state index in [1.807, 2.05) is 0 Å². The molecule has 2 atom stereocenters. The predicted octanol–water partition coefficient (Wildman–Crippen LogP) is 2.56. The van der Waals surface area contributed by atoms with Crippen molar-refractivity contribution in [1.29, 1.82) is 0 Å². The Labute approximate surface area is 117 Å². The fourth-order valence-electron chi connectivity index (χ4n) is 4.46. The van der Waals surface area contributed by atoms with Crippen molar-refractivity contribution in [3.05, 3.63) is 0 Å². The first-order chi connectivity index (χ1) is 9.21. The van der Waals surface area contributed by atoms with E-state index in [2.05, 4.69) is 17.1 Å². The first-order valence-corrected chi connectivity index (χ1v) is 8.22. The summed E-state index contributed by atoms with van der Waals surface area (Å²) in [7, 11) is 0. The Bertz CT molecular complexity index is 330. The molecule has 1 N–H and O–H groups in total. The Balaban J connectivity index is 1.70. The van der Waals surface area contributed by atoms with E-state index in [0.29, 0.717) is 11.9 Å². The molecule has 0 aromatic carbocycles. The second-order valence-corrected chi connectivity index (χ2v) is 7.09. The average Bonchev–Trinajstić information content (AvgIpc) is 3.09. The zero-order valence-electron chi connectivity index (χ0n) is 12.3. The Kier molecular flexibility index (Phi) is 3.84. The minimum Gasteiger partial charge on any atom is -0.339 e. The molecule has 0 aromatic heterocycles. The van der Waals surface area contributed by atoms with E-state index in [9.17, 15) is 4.79 Å². The van der Waals surface area contributed by atoms with Crippen LogP contribution >= 0.6 is 0 Å². The summed E-state index contributed by atoms with van der Waals surface area (Å²) in [5.41, 5.74) is -0.139. The van der Waals surface area contributed by atoms with Crippen LogP contribution in [0.25, 0.3) is 0 Å². The van der Waals surface area contributed by atoms with E-state index in [1.165, 1.54) is 38.5 Å². The normalized spacial score (nSPS) is 36.9. The SMILES string of the molecule is CC1(C(=O)N2CCCC2C2CCCC2)CCCNC1. The number of rotatable bonds is 2. The van der Waals surface area contributed by atoms with Gasteiger partial charge in [-0.05, 0) is 57.9 Å². The molecule has 1 amide bonds. The number of amides is 1. The van der Waals surface area contributed by atoms with Gasteiger partial charge in [-0.15, -0.1) is 0 Å². The van der Waals surface area contributed by atoms with Crippen LogP contribution in [0.1, 0.15) is 58.3 Å². The second kappa shape index (κ2) is 5.43. The maximum atomic E-state index is 13.0. The molecule has 3 nitrogen and oxygen atoms in total. The highest BCUT2D eigenvalue weighted by Gasteiger charge is 2.43. The number of piperidine rings is 1. The summed E-state index contributed by atoms with van der Waals surface area (Å²) in [6.45, 7) is 5.13.